The summed E-state index contributed by atoms with van der Waals surface area (Å²) >= 11 is 3.56. The summed E-state index contributed by atoms with van der Waals surface area (Å²) in [6, 6.07) is 0.560. The monoisotopic (exact) mass is 258 g/mol. The second-order valence-corrected chi connectivity index (χ2v) is 6.16. The van der Waals surface area contributed by atoms with Gasteiger partial charge in [0.2, 0.25) is 0 Å². The molecule has 90 valence electrons. The standard InChI is InChI=1S/C11H18N2OS2/c1-9-10(3-6-14-9)12-4-2-7-15-11-13-5-8-16-11/h5,8-10,12H,2-4,6-7H2,1H3. The van der Waals surface area contributed by atoms with Crippen LogP contribution in [-0.4, -0.2) is 36.0 Å². The predicted octanol–water partition coefficient (Wildman–Crippen LogP) is 2.39. The van der Waals surface area contributed by atoms with E-state index < -0.39 is 0 Å². The highest BCUT2D eigenvalue weighted by atomic mass is 32.2. The summed E-state index contributed by atoms with van der Waals surface area (Å²) < 4.78 is 6.68. The topological polar surface area (TPSA) is 34.1 Å². The quantitative estimate of drug-likeness (QED) is 0.627. The van der Waals surface area contributed by atoms with Crippen molar-refractivity contribution < 1.29 is 4.74 Å². The third-order valence-electron chi connectivity index (χ3n) is 2.74. The number of thiazole rings is 1. The molecule has 3 nitrogen and oxygen atoms in total. The fraction of sp³-hybridized carbons (Fsp3) is 0.727. The molecule has 5 heteroatoms. The lowest BCUT2D eigenvalue weighted by molar-refractivity contribution is 0.113. The molecule has 0 spiro atoms. The molecule has 2 atom stereocenters. The third-order valence-corrected chi connectivity index (χ3v) is 4.79. The first-order valence-electron chi connectivity index (χ1n) is 5.73. The smallest absolute Gasteiger partial charge is 0.149 e. The second kappa shape index (κ2) is 6.59. The number of aromatic nitrogens is 1. The Kier molecular flexibility index (Phi) is 5.09. The highest BCUT2D eigenvalue weighted by molar-refractivity contribution is 8.00. The van der Waals surface area contributed by atoms with Crippen LogP contribution in [0, 0.1) is 0 Å². The maximum Gasteiger partial charge on any atom is 0.149 e. The molecule has 1 saturated heterocycles. The van der Waals surface area contributed by atoms with Gasteiger partial charge in [0.25, 0.3) is 0 Å². The third kappa shape index (κ3) is 3.73. The van der Waals surface area contributed by atoms with Gasteiger partial charge in [-0.15, -0.1) is 11.3 Å². The van der Waals surface area contributed by atoms with E-state index in [4.69, 9.17) is 4.74 Å². The molecule has 16 heavy (non-hydrogen) atoms. The molecular weight excluding hydrogens is 240 g/mol. The van der Waals surface area contributed by atoms with Crippen LogP contribution in [0.4, 0.5) is 0 Å². The average molecular weight is 258 g/mol. The van der Waals surface area contributed by atoms with E-state index in [0.717, 1.165) is 25.3 Å². The zero-order valence-electron chi connectivity index (χ0n) is 9.52. The van der Waals surface area contributed by atoms with Crippen LogP contribution >= 0.6 is 23.1 Å². The van der Waals surface area contributed by atoms with E-state index in [1.165, 1.54) is 10.8 Å². The SMILES string of the molecule is CC1OCCC1NCCCSc1nccs1. The molecular formula is C11H18N2OS2. The van der Waals surface area contributed by atoms with E-state index in [0.29, 0.717) is 12.1 Å². The zero-order valence-corrected chi connectivity index (χ0v) is 11.1. The molecule has 2 unspecified atom stereocenters. The Balaban J connectivity index is 1.52. The first-order chi connectivity index (χ1) is 7.86. The van der Waals surface area contributed by atoms with Gasteiger partial charge in [0.1, 0.15) is 4.34 Å². The molecule has 0 aromatic carbocycles. The summed E-state index contributed by atoms with van der Waals surface area (Å²) in [5.74, 6) is 1.14. The molecule has 1 fully saturated rings. The number of thioether (sulfide) groups is 1. The molecule has 1 aliphatic rings. The number of nitrogens with zero attached hydrogens (tertiary/aromatic N) is 1. The lowest BCUT2D eigenvalue weighted by Crippen LogP contribution is -2.35. The van der Waals surface area contributed by atoms with Gasteiger partial charge in [-0.05, 0) is 26.3 Å². The van der Waals surface area contributed by atoms with Gasteiger partial charge < -0.3 is 10.1 Å². The van der Waals surface area contributed by atoms with Crippen LogP contribution in [0.3, 0.4) is 0 Å². The maximum atomic E-state index is 5.51. The van der Waals surface area contributed by atoms with Crippen molar-refractivity contribution >= 4 is 23.1 Å². The average Bonchev–Trinajstić information content (AvgIpc) is 2.90. The first-order valence-corrected chi connectivity index (χ1v) is 7.60. The number of nitrogens with one attached hydrogen (secondary N) is 1. The molecule has 1 aromatic heterocycles. The van der Waals surface area contributed by atoms with Gasteiger partial charge in [-0.3, -0.25) is 0 Å². The molecule has 1 N–H and O–H groups in total. The van der Waals surface area contributed by atoms with E-state index in [9.17, 15) is 0 Å². The Morgan fingerprint density at radius 2 is 2.62 bits per heavy atom. The largest absolute Gasteiger partial charge is 0.377 e. The number of hydrogen-bond donors (Lipinski definition) is 1. The van der Waals surface area contributed by atoms with E-state index in [-0.39, 0.29) is 0 Å². The van der Waals surface area contributed by atoms with Crippen LogP contribution in [0.25, 0.3) is 0 Å². The van der Waals surface area contributed by atoms with Crippen molar-refractivity contribution in [2.75, 3.05) is 18.9 Å². The van der Waals surface area contributed by atoms with Gasteiger partial charge in [0.05, 0.1) is 6.10 Å². The van der Waals surface area contributed by atoms with Crippen LogP contribution in [0.2, 0.25) is 0 Å². The predicted molar refractivity (Wildman–Crippen MR) is 69.3 cm³/mol. The zero-order chi connectivity index (χ0) is 11.2. The normalized spacial score (nSPS) is 25.1. The fourth-order valence-corrected chi connectivity index (χ4v) is 3.45. The van der Waals surface area contributed by atoms with Crippen molar-refractivity contribution in [3.05, 3.63) is 11.6 Å². The summed E-state index contributed by atoms with van der Waals surface area (Å²) in [5.41, 5.74) is 0. The van der Waals surface area contributed by atoms with Crippen LogP contribution in [0.1, 0.15) is 19.8 Å². The Morgan fingerprint density at radius 3 is 3.31 bits per heavy atom. The molecule has 0 bridgehead atoms. The summed E-state index contributed by atoms with van der Waals surface area (Å²) in [5, 5.41) is 5.58. The highest BCUT2D eigenvalue weighted by Crippen LogP contribution is 2.20. The van der Waals surface area contributed by atoms with E-state index >= 15 is 0 Å². The first kappa shape index (κ1) is 12.4. The maximum absolute atomic E-state index is 5.51. The van der Waals surface area contributed by atoms with Gasteiger partial charge in [-0.1, -0.05) is 11.8 Å². The second-order valence-electron chi connectivity index (χ2n) is 3.93. The summed E-state index contributed by atoms with van der Waals surface area (Å²) in [4.78, 5) is 4.24. The van der Waals surface area contributed by atoms with E-state index in [1.54, 1.807) is 11.3 Å². The van der Waals surface area contributed by atoms with Crippen molar-refractivity contribution in [2.24, 2.45) is 0 Å². The fourth-order valence-electron chi connectivity index (χ4n) is 1.80. The number of rotatable bonds is 6. The molecule has 0 radical (unpaired) electrons. The Hall–Kier alpha value is -0.100. The summed E-state index contributed by atoms with van der Waals surface area (Å²) in [6.07, 6.45) is 4.59. The van der Waals surface area contributed by atoms with Crippen LogP contribution in [0.15, 0.2) is 15.9 Å². The Morgan fingerprint density at radius 1 is 1.69 bits per heavy atom. The number of hydrogen-bond acceptors (Lipinski definition) is 5. The minimum Gasteiger partial charge on any atom is -0.377 e. The van der Waals surface area contributed by atoms with Crippen molar-refractivity contribution in [3.8, 4) is 0 Å². The summed E-state index contributed by atoms with van der Waals surface area (Å²) in [7, 11) is 0. The highest BCUT2D eigenvalue weighted by Gasteiger charge is 2.22. The lowest BCUT2D eigenvalue weighted by Gasteiger charge is -2.15. The van der Waals surface area contributed by atoms with Gasteiger partial charge in [-0.2, -0.15) is 0 Å². The van der Waals surface area contributed by atoms with Gasteiger partial charge >= 0.3 is 0 Å². The summed E-state index contributed by atoms with van der Waals surface area (Å²) in [6.45, 7) is 4.14. The van der Waals surface area contributed by atoms with Crippen molar-refractivity contribution in [3.63, 3.8) is 0 Å². The lowest BCUT2D eigenvalue weighted by atomic mass is 10.1. The van der Waals surface area contributed by atoms with Crippen molar-refractivity contribution in [1.82, 2.24) is 10.3 Å². The van der Waals surface area contributed by atoms with Gasteiger partial charge in [0.15, 0.2) is 0 Å². The van der Waals surface area contributed by atoms with Gasteiger partial charge in [-0.25, -0.2) is 4.98 Å². The molecule has 1 aliphatic heterocycles. The van der Waals surface area contributed by atoms with Gasteiger partial charge in [0, 0.05) is 30.0 Å². The molecule has 1 aromatic rings. The van der Waals surface area contributed by atoms with E-state index in [1.807, 2.05) is 23.3 Å². The van der Waals surface area contributed by atoms with Crippen LogP contribution in [-0.2, 0) is 4.74 Å². The molecule has 0 aliphatic carbocycles. The van der Waals surface area contributed by atoms with Crippen molar-refractivity contribution in [2.45, 2.75) is 36.3 Å². The molecule has 0 saturated carbocycles. The molecule has 2 heterocycles. The minimum absolute atomic E-state index is 0.381. The minimum atomic E-state index is 0.381. The molecule has 2 rings (SSSR count). The molecule has 0 amide bonds. The van der Waals surface area contributed by atoms with E-state index in [2.05, 4.69) is 17.2 Å². The Bertz CT molecular complexity index is 292. The van der Waals surface area contributed by atoms with Crippen LogP contribution < -0.4 is 5.32 Å². The van der Waals surface area contributed by atoms with Crippen LogP contribution in [0.5, 0.6) is 0 Å². The number of ether oxygens (including phenoxy) is 1. The Labute approximate surface area is 105 Å². The van der Waals surface area contributed by atoms with Crippen molar-refractivity contribution in [1.29, 1.82) is 0 Å².